The molecule has 0 radical (unpaired) electrons. The van der Waals surface area contributed by atoms with Crippen molar-refractivity contribution in [1.29, 1.82) is 0 Å². The topological polar surface area (TPSA) is 24.9 Å². The smallest absolute Gasteiger partial charge is 0.141 e. The highest BCUT2D eigenvalue weighted by atomic mass is 19.1. The van der Waals surface area contributed by atoms with E-state index < -0.39 is 0 Å². The maximum absolute atomic E-state index is 12.9. The zero-order chi connectivity index (χ0) is 14.1. The Morgan fingerprint density at radius 3 is 2.58 bits per heavy atom. The van der Waals surface area contributed by atoms with Crippen LogP contribution in [0.2, 0.25) is 0 Å². The van der Waals surface area contributed by atoms with Gasteiger partial charge in [-0.2, -0.15) is 0 Å². The summed E-state index contributed by atoms with van der Waals surface area (Å²) in [7, 11) is 0. The van der Waals surface area contributed by atoms with E-state index in [1.807, 2.05) is 0 Å². The van der Waals surface area contributed by atoms with E-state index in [1.54, 1.807) is 6.07 Å². The summed E-state index contributed by atoms with van der Waals surface area (Å²) in [6.07, 6.45) is 7.40. The fourth-order valence-electron chi connectivity index (χ4n) is 2.46. The van der Waals surface area contributed by atoms with E-state index in [2.05, 4.69) is 31.1 Å². The lowest BCUT2D eigenvalue weighted by molar-refractivity contribution is 0.352. The molecule has 0 aliphatic rings. The highest BCUT2D eigenvalue weighted by Gasteiger charge is 2.17. The lowest BCUT2D eigenvalue weighted by Crippen LogP contribution is -2.24. The van der Waals surface area contributed by atoms with Crippen molar-refractivity contribution >= 4 is 0 Å². The summed E-state index contributed by atoms with van der Waals surface area (Å²) in [6, 6.07) is 3.54. The predicted molar refractivity (Wildman–Crippen MR) is 78.5 cm³/mol. The Hall–Kier alpha value is -0.960. The minimum Gasteiger partial charge on any atom is -0.309 e. The van der Waals surface area contributed by atoms with Crippen LogP contribution in [0, 0.1) is 11.7 Å². The number of unbranched alkanes of at least 4 members (excludes halogenated alkanes) is 1. The van der Waals surface area contributed by atoms with Crippen molar-refractivity contribution < 1.29 is 4.39 Å². The fourth-order valence-corrected chi connectivity index (χ4v) is 2.46. The Balaban J connectivity index is 2.67. The third-order valence-corrected chi connectivity index (χ3v) is 3.67. The zero-order valence-corrected chi connectivity index (χ0v) is 12.5. The number of rotatable bonds is 9. The molecule has 108 valence electrons. The first-order valence-corrected chi connectivity index (χ1v) is 7.56. The molecule has 1 aromatic heterocycles. The second-order valence-electron chi connectivity index (χ2n) is 5.16. The number of aromatic nitrogens is 1. The van der Waals surface area contributed by atoms with E-state index in [-0.39, 0.29) is 11.9 Å². The molecule has 2 nitrogen and oxygen atoms in total. The summed E-state index contributed by atoms with van der Waals surface area (Å²) >= 11 is 0. The summed E-state index contributed by atoms with van der Waals surface area (Å²) in [5, 5.41) is 3.47. The Labute approximate surface area is 116 Å². The Morgan fingerprint density at radius 1 is 1.26 bits per heavy atom. The van der Waals surface area contributed by atoms with Gasteiger partial charge in [0.2, 0.25) is 0 Å². The van der Waals surface area contributed by atoms with Crippen LogP contribution in [0.3, 0.4) is 0 Å². The number of nitrogens with zero attached hydrogens (tertiary/aromatic N) is 1. The van der Waals surface area contributed by atoms with E-state index >= 15 is 0 Å². The van der Waals surface area contributed by atoms with Crippen molar-refractivity contribution in [3.8, 4) is 0 Å². The third-order valence-electron chi connectivity index (χ3n) is 3.67. The molecule has 0 spiro atoms. The summed E-state index contributed by atoms with van der Waals surface area (Å²) in [5.41, 5.74) is 0.957. The molecule has 0 aromatic carbocycles. The van der Waals surface area contributed by atoms with Gasteiger partial charge in [-0.15, -0.1) is 0 Å². The van der Waals surface area contributed by atoms with Crippen molar-refractivity contribution in [2.45, 2.75) is 58.9 Å². The van der Waals surface area contributed by atoms with E-state index in [0.717, 1.165) is 24.6 Å². The second kappa shape index (κ2) is 9.03. The summed E-state index contributed by atoms with van der Waals surface area (Å²) in [4.78, 5) is 4.23. The number of nitrogens with one attached hydrogen (secondary N) is 1. The SMILES string of the molecule is CCCCC(CC)CC(NCC)c1ccc(F)cn1. The minimum atomic E-state index is -0.267. The minimum absolute atomic E-state index is 0.243. The van der Waals surface area contributed by atoms with Crippen LogP contribution in [0.1, 0.15) is 64.6 Å². The van der Waals surface area contributed by atoms with Gasteiger partial charge in [0, 0.05) is 6.04 Å². The quantitative estimate of drug-likeness (QED) is 0.713. The van der Waals surface area contributed by atoms with Gasteiger partial charge in [0.05, 0.1) is 11.9 Å². The van der Waals surface area contributed by atoms with Crippen LogP contribution in [-0.4, -0.2) is 11.5 Å². The van der Waals surface area contributed by atoms with E-state index in [9.17, 15) is 4.39 Å². The summed E-state index contributed by atoms with van der Waals surface area (Å²) < 4.78 is 12.9. The van der Waals surface area contributed by atoms with Gasteiger partial charge < -0.3 is 5.32 Å². The third kappa shape index (κ3) is 5.68. The Morgan fingerprint density at radius 2 is 2.05 bits per heavy atom. The molecule has 3 heteroatoms. The molecule has 1 N–H and O–H groups in total. The second-order valence-corrected chi connectivity index (χ2v) is 5.16. The molecule has 1 heterocycles. The molecule has 0 amide bonds. The van der Waals surface area contributed by atoms with Gasteiger partial charge in [0.25, 0.3) is 0 Å². The van der Waals surface area contributed by atoms with E-state index in [4.69, 9.17) is 0 Å². The fraction of sp³-hybridized carbons (Fsp3) is 0.688. The van der Waals surface area contributed by atoms with Crippen molar-refractivity contribution in [2.24, 2.45) is 5.92 Å². The number of pyridine rings is 1. The molecule has 0 fully saturated rings. The first-order valence-electron chi connectivity index (χ1n) is 7.56. The highest BCUT2D eigenvalue weighted by molar-refractivity contribution is 5.10. The van der Waals surface area contributed by atoms with Crippen LogP contribution in [-0.2, 0) is 0 Å². The van der Waals surface area contributed by atoms with Gasteiger partial charge in [0.1, 0.15) is 5.82 Å². The predicted octanol–water partition coefficient (Wildman–Crippen LogP) is 4.48. The van der Waals surface area contributed by atoms with Gasteiger partial charge in [-0.05, 0) is 31.0 Å². The van der Waals surface area contributed by atoms with Crippen LogP contribution in [0.25, 0.3) is 0 Å². The van der Waals surface area contributed by atoms with Gasteiger partial charge in [-0.1, -0.05) is 46.5 Å². The molecule has 0 aliphatic carbocycles. The Bertz CT molecular complexity index is 337. The molecule has 2 unspecified atom stereocenters. The maximum Gasteiger partial charge on any atom is 0.141 e. The molecule has 0 bridgehead atoms. The van der Waals surface area contributed by atoms with Crippen LogP contribution in [0.5, 0.6) is 0 Å². The lowest BCUT2D eigenvalue weighted by Gasteiger charge is -2.23. The van der Waals surface area contributed by atoms with Gasteiger partial charge in [0.15, 0.2) is 0 Å². The molecule has 1 rings (SSSR count). The number of hydrogen-bond donors (Lipinski definition) is 1. The molecule has 0 aliphatic heterocycles. The first kappa shape index (κ1) is 16.1. The molecule has 1 aromatic rings. The summed E-state index contributed by atoms with van der Waals surface area (Å²) in [5.74, 6) is 0.452. The van der Waals surface area contributed by atoms with Crippen molar-refractivity contribution in [3.05, 3.63) is 29.8 Å². The van der Waals surface area contributed by atoms with Crippen LogP contribution in [0.4, 0.5) is 4.39 Å². The number of halogens is 1. The summed E-state index contributed by atoms with van der Waals surface area (Å²) in [6.45, 7) is 7.49. The molecule has 2 atom stereocenters. The van der Waals surface area contributed by atoms with Crippen LogP contribution < -0.4 is 5.32 Å². The van der Waals surface area contributed by atoms with Gasteiger partial charge >= 0.3 is 0 Å². The van der Waals surface area contributed by atoms with E-state index in [1.165, 1.54) is 37.9 Å². The lowest BCUT2D eigenvalue weighted by atomic mass is 9.90. The standard InChI is InChI=1S/C16H27FN2/c1-4-7-8-13(5-2)11-16(18-6-3)15-10-9-14(17)12-19-15/h9-10,12-13,16,18H,4-8,11H2,1-3H3. The molecular formula is C16H27FN2. The monoisotopic (exact) mass is 266 g/mol. The highest BCUT2D eigenvalue weighted by Crippen LogP contribution is 2.25. The van der Waals surface area contributed by atoms with Crippen LogP contribution in [0.15, 0.2) is 18.3 Å². The van der Waals surface area contributed by atoms with Crippen molar-refractivity contribution in [2.75, 3.05) is 6.54 Å². The van der Waals surface area contributed by atoms with E-state index in [0.29, 0.717) is 0 Å². The molecular weight excluding hydrogens is 239 g/mol. The first-order chi connectivity index (χ1) is 9.21. The van der Waals surface area contributed by atoms with Crippen LogP contribution >= 0.6 is 0 Å². The Kier molecular flexibility index (Phi) is 7.65. The average Bonchev–Trinajstić information content (AvgIpc) is 2.43. The number of hydrogen-bond acceptors (Lipinski definition) is 2. The van der Waals surface area contributed by atoms with Crippen molar-refractivity contribution in [1.82, 2.24) is 10.3 Å². The maximum atomic E-state index is 12.9. The van der Waals surface area contributed by atoms with Gasteiger partial charge in [-0.3, -0.25) is 4.98 Å². The molecule has 19 heavy (non-hydrogen) atoms. The largest absolute Gasteiger partial charge is 0.309 e. The molecule has 0 saturated heterocycles. The molecule has 0 saturated carbocycles. The normalized spacial score (nSPS) is 14.3. The van der Waals surface area contributed by atoms with Gasteiger partial charge in [-0.25, -0.2) is 4.39 Å². The van der Waals surface area contributed by atoms with Crippen molar-refractivity contribution in [3.63, 3.8) is 0 Å². The average molecular weight is 266 g/mol. The zero-order valence-electron chi connectivity index (χ0n) is 12.5.